The summed E-state index contributed by atoms with van der Waals surface area (Å²) in [6.45, 7) is 0. The van der Waals surface area contributed by atoms with Crippen LogP contribution in [0.2, 0.25) is 0 Å². The SMILES string of the molecule is ClC(Cl)(Cl)c1ccn[nH]1. The zero-order chi connectivity index (χ0) is 6.91. The summed E-state index contributed by atoms with van der Waals surface area (Å²) in [6, 6.07) is 1.60. The molecule has 0 atom stereocenters. The molecule has 1 aromatic rings. The predicted molar refractivity (Wildman–Crippen MR) is 37.8 cm³/mol. The molecule has 0 amide bonds. The van der Waals surface area contributed by atoms with Crippen LogP contribution in [-0.2, 0) is 3.79 Å². The molecule has 0 spiro atoms. The summed E-state index contributed by atoms with van der Waals surface area (Å²) in [6.07, 6.45) is 1.53. The van der Waals surface area contributed by atoms with Crippen molar-refractivity contribution in [3.8, 4) is 0 Å². The summed E-state index contributed by atoms with van der Waals surface area (Å²) in [5.74, 6) is 0. The first-order chi connectivity index (χ1) is 4.11. The van der Waals surface area contributed by atoms with Gasteiger partial charge in [-0.05, 0) is 6.07 Å². The zero-order valence-corrected chi connectivity index (χ0v) is 6.50. The Balaban J connectivity index is 2.90. The Morgan fingerprint density at radius 2 is 2.11 bits per heavy atom. The van der Waals surface area contributed by atoms with E-state index in [1.54, 1.807) is 6.07 Å². The van der Waals surface area contributed by atoms with Crippen LogP contribution < -0.4 is 0 Å². The number of aromatic amines is 1. The second-order valence-corrected chi connectivity index (χ2v) is 3.75. The van der Waals surface area contributed by atoms with Gasteiger partial charge in [-0.2, -0.15) is 5.10 Å². The number of alkyl halides is 3. The molecule has 0 unspecified atom stereocenters. The topological polar surface area (TPSA) is 28.7 Å². The van der Waals surface area contributed by atoms with Crippen molar-refractivity contribution in [2.45, 2.75) is 3.79 Å². The highest BCUT2D eigenvalue weighted by atomic mass is 35.6. The number of H-pyrrole nitrogens is 1. The molecule has 0 aliphatic heterocycles. The maximum absolute atomic E-state index is 5.46. The number of aromatic nitrogens is 2. The van der Waals surface area contributed by atoms with Crippen LogP contribution in [0.15, 0.2) is 12.3 Å². The molecule has 50 valence electrons. The fourth-order valence-corrected chi connectivity index (χ4v) is 0.730. The first-order valence-electron chi connectivity index (χ1n) is 2.17. The van der Waals surface area contributed by atoms with Crippen molar-refractivity contribution in [1.29, 1.82) is 0 Å². The Bertz CT molecular complexity index is 176. The lowest BCUT2D eigenvalue weighted by molar-refractivity contribution is 0.999. The molecule has 2 nitrogen and oxygen atoms in total. The molecule has 0 radical (unpaired) electrons. The lowest BCUT2D eigenvalue weighted by Gasteiger charge is -2.05. The maximum atomic E-state index is 5.46. The number of nitrogens with zero attached hydrogens (tertiary/aromatic N) is 1. The lowest BCUT2D eigenvalue weighted by atomic mass is 10.5. The van der Waals surface area contributed by atoms with Gasteiger partial charge >= 0.3 is 0 Å². The van der Waals surface area contributed by atoms with Crippen LogP contribution in [0.4, 0.5) is 0 Å². The van der Waals surface area contributed by atoms with Gasteiger partial charge in [0.25, 0.3) is 0 Å². The first-order valence-corrected chi connectivity index (χ1v) is 3.30. The van der Waals surface area contributed by atoms with Crippen LogP contribution in [0.1, 0.15) is 5.69 Å². The van der Waals surface area contributed by atoms with Crippen molar-refractivity contribution in [2.75, 3.05) is 0 Å². The first kappa shape index (κ1) is 7.19. The van der Waals surface area contributed by atoms with Crippen LogP contribution >= 0.6 is 34.8 Å². The molecule has 5 heteroatoms. The van der Waals surface area contributed by atoms with Gasteiger partial charge in [0.05, 0.1) is 5.69 Å². The van der Waals surface area contributed by atoms with Gasteiger partial charge < -0.3 is 0 Å². The van der Waals surface area contributed by atoms with E-state index in [4.69, 9.17) is 34.8 Å². The summed E-state index contributed by atoms with van der Waals surface area (Å²) < 4.78 is -1.38. The summed E-state index contributed by atoms with van der Waals surface area (Å²) in [7, 11) is 0. The third-order valence-electron chi connectivity index (χ3n) is 0.806. The monoisotopic (exact) mass is 184 g/mol. The van der Waals surface area contributed by atoms with Crippen LogP contribution in [0.5, 0.6) is 0 Å². The van der Waals surface area contributed by atoms with Crippen molar-refractivity contribution in [2.24, 2.45) is 0 Å². The van der Waals surface area contributed by atoms with Gasteiger partial charge in [0.1, 0.15) is 0 Å². The molecule has 0 saturated carbocycles. The molecule has 1 rings (SSSR count). The molecule has 1 heterocycles. The number of halogens is 3. The Labute approximate surface area is 67.1 Å². The van der Waals surface area contributed by atoms with Crippen molar-refractivity contribution < 1.29 is 0 Å². The van der Waals surface area contributed by atoms with Gasteiger partial charge in [-0.25, -0.2) is 0 Å². The third-order valence-corrected chi connectivity index (χ3v) is 1.42. The molecule has 0 aromatic carbocycles. The van der Waals surface area contributed by atoms with Gasteiger partial charge in [-0.3, -0.25) is 5.10 Å². The number of hydrogen-bond acceptors (Lipinski definition) is 1. The molecular weight excluding hydrogens is 182 g/mol. The molecule has 0 bridgehead atoms. The fraction of sp³-hybridized carbons (Fsp3) is 0.250. The minimum Gasteiger partial charge on any atom is -0.278 e. The van der Waals surface area contributed by atoms with Crippen molar-refractivity contribution in [3.05, 3.63) is 18.0 Å². The van der Waals surface area contributed by atoms with Crippen molar-refractivity contribution in [3.63, 3.8) is 0 Å². The summed E-state index contributed by atoms with van der Waals surface area (Å²) in [5.41, 5.74) is 0.479. The summed E-state index contributed by atoms with van der Waals surface area (Å²) >= 11 is 16.4. The smallest absolute Gasteiger partial charge is 0.232 e. The van der Waals surface area contributed by atoms with E-state index in [0.717, 1.165) is 0 Å². The highest BCUT2D eigenvalue weighted by Crippen LogP contribution is 2.36. The zero-order valence-electron chi connectivity index (χ0n) is 4.24. The minimum absolute atomic E-state index is 0.479. The van der Waals surface area contributed by atoms with Crippen LogP contribution in [0.25, 0.3) is 0 Å². The van der Waals surface area contributed by atoms with E-state index in [0.29, 0.717) is 5.69 Å². The van der Waals surface area contributed by atoms with Gasteiger partial charge in [-0.15, -0.1) is 0 Å². The lowest BCUT2D eigenvalue weighted by Crippen LogP contribution is -1.99. The Kier molecular flexibility index (Phi) is 1.89. The standard InChI is InChI=1S/C4H3Cl3N2/c5-4(6,7)3-1-2-8-9-3/h1-2H,(H,8,9). The van der Waals surface area contributed by atoms with E-state index in [2.05, 4.69) is 10.2 Å². The van der Waals surface area contributed by atoms with E-state index in [1.807, 2.05) is 0 Å². The summed E-state index contributed by atoms with van der Waals surface area (Å²) in [4.78, 5) is 0. The van der Waals surface area contributed by atoms with Gasteiger partial charge in [0.2, 0.25) is 3.79 Å². The number of hydrogen-bond donors (Lipinski definition) is 1. The van der Waals surface area contributed by atoms with Crippen molar-refractivity contribution in [1.82, 2.24) is 10.2 Å². The van der Waals surface area contributed by atoms with Crippen LogP contribution in [0.3, 0.4) is 0 Å². The highest BCUT2D eigenvalue weighted by molar-refractivity contribution is 6.66. The molecule has 1 N–H and O–H groups in total. The number of nitrogens with one attached hydrogen (secondary N) is 1. The third kappa shape index (κ3) is 1.75. The number of rotatable bonds is 0. The van der Waals surface area contributed by atoms with E-state index in [1.165, 1.54) is 6.20 Å². The molecule has 0 aliphatic rings. The molecule has 9 heavy (non-hydrogen) atoms. The predicted octanol–water partition coefficient (Wildman–Crippen LogP) is 2.24. The van der Waals surface area contributed by atoms with Crippen LogP contribution in [-0.4, -0.2) is 10.2 Å². The van der Waals surface area contributed by atoms with Crippen molar-refractivity contribution >= 4 is 34.8 Å². The van der Waals surface area contributed by atoms with Gasteiger partial charge in [0, 0.05) is 6.20 Å². The molecule has 0 aliphatic carbocycles. The minimum atomic E-state index is -1.38. The normalized spacial score (nSPS) is 11.9. The second-order valence-electron chi connectivity index (χ2n) is 1.47. The Morgan fingerprint density at radius 3 is 2.33 bits per heavy atom. The molecular formula is C4H3Cl3N2. The Hall–Kier alpha value is 0.0800. The average molecular weight is 185 g/mol. The average Bonchev–Trinajstić information content (AvgIpc) is 2.08. The molecule has 0 saturated heterocycles. The van der Waals surface area contributed by atoms with Gasteiger partial charge in [-0.1, -0.05) is 34.8 Å². The molecule has 0 fully saturated rings. The Morgan fingerprint density at radius 1 is 1.44 bits per heavy atom. The van der Waals surface area contributed by atoms with E-state index >= 15 is 0 Å². The summed E-state index contributed by atoms with van der Waals surface area (Å²) in [5, 5.41) is 6.14. The second kappa shape index (κ2) is 2.37. The van der Waals surface area contributed by atoms with Gasteiger partial charge in [0.15, 0.2) is 0 Å². The molecule has 1 aromatic heterocycles. The van der Waals surface area contributed by atoms with E-state index < -0.39 is 3.79 Å². The maximum Gasteiger partial charge on any atom is 0.232 e. The van der Waals surface area contributed by atoms with E-state index in [-0.39, 0.29) is 0 Å². The van der Waals surface area contributed by atoms with Crippen LogP contribution in [0, 0.1) is 0 Å². The quantitative estimate of drug-likeness (QED) is 0.617. The highest BCUT2D eigenvalue weighted by Gasteiger charge is 2.23. The fourth-order valence-electron chi connectivity index (χ4n) is 0.414. The van der Waals surface area contributed by atoms with E-state index in [9.17, 15) is 0 Å². The largest absolute Gasteiger partial charge is 0.278 e.